The van der Waals surface area contributed by atoms with Crippen molar-refractivity contribution in [1.82, 2.24) is 0 Å². The van der Waals surface area contributed by atoms with Gasteiger partial charge >= 0.3 is 0 Å². The summed E-state index contributed by atoms with van der Waals surface area (Å²) in [6.45, 7) is 21.0. The Morgan fingerprint density at radius 1 is 0.147 bits per heavy atom. The first kappa shape index (κ1) is 64.9. The van der Waals surface area contributed by atoms with E-state index in [4.69, 9.17) is 0 Å². The average molecular weight is 1310 g/mol. The van der Waals surface area contributed by atoms with E-state index in [9.17, 15) is 0 Å². The van der Waals surface area contributed by atoms with Crippen molar-refractivity contribution >= 4 is 97.0 Å². The van der Waals surface area contributed by atoms with Gasteiger partial charge in [0.1, 0.15) is 0 Å². The normalized spacial score (nSPS) is 12.0. The van der Waals surface area contributed by atoms with Gasteiger partial charge < -0.3 is 0 Å². The second kappa shape index (κ2) is 26.4. The van der Waals surface area contributed by atoms with E-state index in [1.807, 2.05) is 0 Å². The van der Waals surface area contributed by atoms with E-state index in [1.54, 1.807) is 0 Å². The number of hydrogen-bond donors (Lipinski definition) is 0. The van der Waals surface area contributed by atoms with Gasteiger partial charge in [0.15, 0.2) is 0 Å². The van der Waals surface area contributed by atoms with Gasteiger partial charge in [-0.05, 0) is 233 Å². The summed E-state index contributed by atoms with van der Waals surface area (Å²) in [6.07, 6.45) is 0. The summed E-state index contributed by atoms with van der Waals surface area (Å²) in [7, 11) is 0. The highest BCUT2D eigenvalue weighted by molar-refractivity contribution is 6.15. The Bertz CT molecular complexity index is 6220. The molecule has 0 N–H and O–H groups in total. The molecule has 0 fully saturated rings. The summed E-state index contributed by atoms with van der Waals surface area (Å²) >= 11 is 0. The molecule has 0 saturated carbocycles. The van der Waals surface area contributed by atoms with Gasteiger partial charge in [-0.15, -0.1) is 0 Å². The van der Waals surface area contributed by atoms with E-state index in [0.717, 1.165) is 0 Å². The van der Waals surface area contributed by atoms with Crippen LogP contribution in [0.4, 0.5) is 0 Å². The molecule has 492 valence electrons. The van der Waals surface area contributed by atoms with Crippen LogP contribution in [0.15, 0.2) is 346 Å². The van der Waals surface area contributed by atoms with Crippen LogP contribution in [0.25, 0.3) is 164 Å². The van der Waals surface area contributed by atoms with Gasteiger partial charge in [-0.3, -0.25) is 0 Å². The van der Waals surface area contributed by atoms with Crippen molar-refractivity contribution in [3.63, 3.8) is 0 Å². The molecule has 0 aliphatic heterocycles. The zero-order valence-corrected chi connectivity index (χ0v) is 59.9. The van der Waals surface area contributed by atoms with E-state index in [0.29, 0.717) is 0 Å². The van der Waals surface area contributed by atoms with E-state index in [2.05, 4.69) is 408 Å². The molecule has 0 spiro atoms. The van der Waals surface area contributed by atoms with Gasteiger partial charge in [0.25, 0.3) is 0 Å². The van der Waals surface area contributed by atoms with Crippen LogP contribution in [-0.2, 0) is 16.2 Å². The monoisotopic (exact) mass is 1310 g/mol. The Hall–Kier alpha value is -11.7. The fourth-order valence-electron chi connectivity index (χ4n) is 15.9. The molecule has 102 heavy (non-hydrogen) atoms. The lowest BCUT2D eigenvalue weighted by Gasteiger charge is -2.27. The lowest BCUT2D eigenvalue weighted by atomic mass is 9.76. The topological polar surface area (TPSA) is 0 Å². The van der Waals surface area contributed by atoms with Crippen LogP contribution in [0.1, 0.15) is 79.0 Å². The average Bonchev–Trinajstić information content (AvgIpc) is 0.746. The maximum absolute atomic E-state index is 2.46. The van der Waals surface area contributed by atoms with Crippen molar-refractivity contribution in [1.29, 1.82) is 0 Å². The third kappa shape index (κ3) is 12.3. The predicted molar refractivity (Wildman–Crippen MR) is 446 cm³/mol. The Kier molecular flexibility index (Phi) is 16.8. The number of rotatable bonds is 6. The van der Waals surface area contributed by atoms with Crippen LogP contribution < -0.4 is 0 Å². The highest BCUT2D eigenvalue weighted by Gasteiger charge is 2.28. The molecule has 0 atom stereocenters. The summed E-state index contributed by atoms with van der Waals surface area (Å²) in [6, 6.07) is 127. The Morgan fingerprint density at radius 2 is 0.392 bits per heavy atom. The summed E-state index contributed by atoms with van der Waals surface area (Å²) in [5, 5.41) is 23.3. The van der Waals surface area contributed by atoms with Crippen molar-refractivity contribution in [3.8, 4) is 66.8 Å². The number of benzene rings is 18. The van der Waals surface area contributed by atoms with Crippen LogP contribution in [0.2, 0.25) is 0 Å². The molecular formula is C102H84. The second-order valence-electron chi connectivity index (χ2n) is 30.7. The highest BCUT2D eigenvalue weighted by Crippen LogP contribution is 2.49. The van der Waals surface area contributed by atoms with E-state index < -0.39 is 0 Å². The minimum absolute atomic E-state index is 0.00336. The molecule has 0 amide bonds. The van der Waals surface area contributed by atoms with Crippen molar-refractivity contribution in [2.45, 2.75) is 78.6 Å². The molecule has 0 unspecified atom stereocenters. The Morgan fingerprint density at radius 3 is 0.765 bits per heavy atom. The SMILES string of the molecule is CC(C)(C)c1cc(-c2ccc3ccccc3c2)c2ccccc2c1-c1ccc2ccccc2c1.CC(C)(C)c1cc(-c2ccc3ccccc3c2)c2ccccc2c1-c1cccc2ccccc12.CC(C)(C)c1cc(-c2cccc3ccccc23)c2ccccc2c1-c1cccc2ccccc12. The van der Waals surface area contributed by atoms with Crippen LogP contribution in [0.3, 0.4) is 0 Å². The lowest BCUT2D eigenvalue weighted by molar-refractivity contribution is 0.592. The molecule has 0 saturated heterocycles. The predicted octanol–water partition coefficient (Wildman–Crippen LogP) is 29.3. The summed E-state index contributed by atoms with van der Waals surface area (Å²) in [5.41, 5.74) is 19.8. The summed E-state index contributed by atoms with van der Waals surface area (Å²) in [5.74, 6) is 0. The van der Waals surface area contributed by atoms with Crippen LogP contribution in [0, 0.1) is 0 Å². The maximum Gasteiger partial charge on any atom is -0.00613 e. The fourth-order valence-corrected chi connectivity index (χ4v) is 15.9. The Balaban J connectivity index is 0.000000118. The van der Waals surface area contributed by atoms with Crippen LogP contribution in [-0.4, -0.2) is 0 Å². The molecule has 0 nitrogen and oxygen atoms in total. The molecule has 0 bridgehead atoms. The van der Waals surface area contributed by atoms with Crippen molar-refractivity contribution in [2.24, 2.45) is 0 Å². The van der Waals surface area contributed by atoms with Crippen LogP contribution >= 0.6 is 0 Å². The molecule has 0 radical (unpaired) electrons. The molecule has 18 aromatic rings. The van der Waals surface area contributed by atoms with Gasteiger partial charge in [0.05, 0.1) is 0 Å². The second-order valence-corrected chi connectivity index (χ2v) is 30.7. The first-order valence-corrected chi connectivity index (χ1v) is 36.1. The van der Waals surface area contributed by atoms with E-state index >= 15 is 0 Å². The summed E-state index contributed by atoms with van der Waals surface area (Å²) in [4.78, 5) is 0. The zero-order valence-electron chi connectivity index (χ0n) is 59.9. The smallest absolute Gasteiger partial charge is 0.00613 e. The molecule has 18 aromatic carbocycles. The van der Waals surface area contributed by atoms with Crippen molar-refractivity contribution in [3.05, 3.63) is 362 Å². The molecule has 0 aliphatic carbocycles. The molecule has 0 heteroatoms. The quantitative estimate of drug-likeness (QED) is 0.156. The van der Waals surface area contributed by atoms with Gasteiger partial charge in [-0.25, -0.2) is 0 Å². The minimum Gasteiger partial charge on any atom is -0.0616 e. The standard InChI is InChI=1S/3C34H28/c1-34(2,3)32-22-31(27-20-10-14-23-12-4-6-16-25(23)27)28-18-8-9-19-30(28)33(32)29-21-11-15-24-13-5-7-17-26(24)29;1-34(2,3)32-22-31(27-18-16-23-10-4-6-12-25(23)20-27)29-14-8-9-15-30(29)33(32)28-19-17-24-11-5-7-13-26(24)21-28;1-34(2,3)32-22-31(26-20-19-23-11-4-5-13-25(23)21-26)28-16-8-9-17-30(28)33(32)29-18-10-14-24-12-6-7-15-27(24)29/h3*4-22H,1-3H3. The van der Waals surface area contributed by atoms with E-state index in [-0.39, 0.29) is 16.2 Å². The highest BCUT2D eigenvalue weighted by atomic mass is 14.3. The lowest BCUT2D eigenvalue weighted by Crippen LogP contribution is -2.13. The van der Waals surface area contributed by atoms with Gasteiger partial charge in [0, 0.05) is 0 Å². The van der Waals surface area contributed by atoms with Gasteiger partial charge in [0.2, 0.25) is 0 Å². The first-order chi connectivity index (χ1) is 49.5. The molecule has 18 rings (SSSR count). The van der Waals surface area contributed by atoms with Crippen molar-refractivity contribution in [2.75, 3.05) is 0 Å². The zero-order chi connectivity index (χ0) is 69.9. The molecular weight excluding hydrogens is 1230 g/mol. The van der Waals surface area contributed by atoms with E-state index in [1.165, 1.54) is 180 Å². The minimum atomic E-state index is -0.0182. The summed E-state index contributed by atoms with van der Waals surface area (Å²) < 4.78 is 0. The van der Waals surface area contributed by atoms with Gasteiger partial charge in [-0.1, -0.05) is 372 Å². The third-order valence-electron chi connectivity index (χ3n) is 20.9. The molecule has 0 aromatic heterocycles. The molecule has 0 heterocycles. The first-order valence-electron chi connectivity index (χ1n) is 36.1. The Labute approximate surface area is 600 Å². The number of fused-ring (bicyclic) bond motifs is 9. The third-order valence-corrected chi connectivity index (χ3v) is 20.9. The largest absolute Gasteiger partial charge is 0.0616 e. The fraction of sp³-hybridized carbons (Fsp3) is 0.118. The molecule has 0 aliphatic rings. The number of hydrogen-bond acceptors (Lipinski definition) is 0. The van der Waals surface area contributed by atoms with Crippen molar-refractivity contribution < 1.29 is 0 Å². The maximum atomic E-state index is 2.46. The van der Waals surface area contributed by atoms with Crippen LogP contribution in [0.5, 0.6) is 0 Å². The van der Waals surface area contributed by atoms with Gasteiger partial charge in [-0.2, -0.15) is 0 Å².